The van der Waals surface area contributed by atoms with Crippen LogP contribution >= 0.6 is 25.3 Å². The molecule has 1 atom stereocenters. The molecule has 0 saturated carbocycles. The van der Waals surface area contributed by atoms with Gasteiger partial charge in [0.1, 0.15) is 0 Å². The first kappa shape index (κ1) is 12.1. The molecular formula is C6H12O4S2. The Morgan fingerprint density at radius 1 is 1.67 bits per heavy atom. The Bertz CT molecular complexity index is 154. The van der Waals surface area contributed by atoms with E-state index in [1.54, 1.807) is 0 Å². The number of carbonyl (C=O) groups excluding carboxylic acids is 1. The van der Waals surface area contributed by atoms with Crippen molar-refractivity contribution in [2.75, 3.05) is 0 Å². The van der Waals surface area contributed by atoms with Gasteiger partial charge in [-0.15, -0.1) is 25.3 Å². The van der Waals surface area contributed by atoms with Crippen LogP contribution in [0.5, 0.6) is 0 Å². The summed E-state index contributed by atoms with van der Waals surface area (Å²) >= 11 is 6.85. The molecule has 0 bridgehead atoms. The second kappa shape index (κ2) is 4.96. The minimum Gasteiger partial charge on any atom is -0.433 e. The highest BCUT2D eigenvalue weighted by atomic mass is 32.2. The predicted molar refractivity (Wildman–Crippen MR) is 49.9 cm³/mol. The first-order valence-electron chi connectivity index (χ1n) is 3.44. The van der Waals surface area contributed by atoms with Crippen LogP contribution in [-0.2, 0) is 9.53 Å². The van der Waals surface area contributed by atoms with E-state index in [1.807, 2.05) is 6.92 Å². The van der Waals surface area contributed by atoms with Crippen molar-refractivity contribution in [1.82, 2.24) is 0 Å². The molecule has 0 aliphatic carbocycles. The number of esters is 1. The van der Waals surface area contributed by atoms with Gasteiger partial charge in [0.2, 0.25) is 6.29 Å². The van der Waals surface area contributed by atoms with E-state index in [0.29, 0.717) is 12.8 Å². The molecule has 0 radical (unpaired) electrons. The maximum atomic E-state index is 10.8. The average Bonchev–Trinajstić information content (AvgIpc) is 1.85. The third-order valence-electron chi connectivity index (χ3n) is 1.05. The van der Waals surface area contributed by atoms with E-state index in [9.17, 15) is 4.79 Å². The monoisotopic (exact) mass is 212 g/mol. The summed E-state index contributed by atoms with van der Waals surface area (Å²) in [5, 5.41) is 17.8. The molecule has 0 aliphatic rings. The van der Waals surface area contributed by atoms with E-state index in [2.05, 4.69) is 30.0 Å². The molecular weight excluding hydrogens is 200 g/mol. The fourth-order valence-electron chi connectivity index (χ4n) is 0.508. The molecule has 1 unspecified atom stereocenters. The zero-order valence-electron chi connectivity index (χ0n) is 6.60. The molecule has 0 aromatic heterocycles. The summed E-state index contributed by atoms with van der Waals surface area (Å²) in [7, 11) is 0. The van der Waals surface area contributed by atoms with Crippen molar-refractivity contribution in [3.05, 3.63) is 0 Å². The van der Waals surface area contributed by atoms with Gasteiger partial charge in [-0.25, -0.2) is 4.79 Å². The molecule has 0 saturated heterocycles. The summed E-state index contributed by atoms with van der Waals surface area (Å²) in [6, 6.07) is 0. The van der Waals surface area contributed by atoms with E-state index < -0.39 is 16.5 Å². The van der Waals surface area contributed by atoms with Crippen molar-refractivity contribution < 1.29 is 19.7 Å². The van der Waals surface area contributed by atoms with E-state index in [4.69, 9.17) is 10.2 Å². The smallest absolute Gasteiger partial charge is 0.361 e. The van der Waals surface area contributed by atoms with Crippen molar-refractivity contribution in [3.8, 4) is 0 Å². The Morgan fingerprint density at radius 3 is 2.50 bits per heavy atom. The van der Waals surface area contributed by atoms with E-state index in [0.717, 1.165) is 0 Å². The van der Waals surface area contributed by atoms with Crippen LogP contribution in [0.2, 0.25) is 0 Å². The molecule has 0 amide bonds. The molecule has 0 aromatic carbocycles. The fraction of sp³-hybridized carbons (Fsp3) is 0.833. The zero-order chi connectivity index (χ0) is 9.78. The number of carbonyl (C=O) groups is 1. The van der Waals surface area contributed by atoms with Crippen molar-refractivity contribution in [3.63, 3.8) is 0 Å². The second-order valence-electron chi connectivity index (χ2n) is 2.28. The average molecular weight is 212 g/mol. The molecule has 0 spiro atoms. The van der Waals surface area contributed by atoms with Crippen LogP contribution in [-0.4, -0.2) is 26.7 Å². The maximum absolute atomic E-state index is 10.8. The summed E-state index contributed by atoms with van der Waals surface area (Å²) in [6.45, 7) is 1.82. The Labute approximate surface area is 81.7 Å². The normalized spacial score (nSPS) is 14.1. The summed E-state index contributed by atoms with van der Waals surface area (Å²) < 4.78 is 2.22. The summed E-state index contributed by atoms with van der Waals surface area (Å²) in [4.78, 5) is 10.8. The van der Waals surface area contributed by atoms with Gasteiger partial charge in [-0.1, -0.05) is 13.3 Å². The number of aliphatic hydroxyl groups is 2. The number of hydrogen-bond acceptors (Lipinski definition) is 6. The maximum Gasteiger partial charge on any atom is 0.361 e. The van der Waals surface area contributed by atoms with Crippen LogP contribution in [0.3, 0.4) is 0 Å². The van der Waals surface area contributed by atoms with Crippen LogP contribution in [0.25, 0.3) is 0 Å². The number of ether oxygens (including phenoxy) is 1. The van der Waals surface area contributed by atoms with Gasteiger partial charge in [0.15, 0.2) is 0 Å². The van der Waals surface area contributed by atoms with Crippen LogP contribution in [0.1, 0.15) is 19.8 Å². The first-order valence-corrected chi connectivity index (χ1v) is 4.33. The molecule has 4 nitrogen and oxygen atoms in total. The van der Waals surface area contributed by atoms with Gasteiger partial charge in [0, 0.05) is 6.42 Å². The summed E-state index contributed by atoms with van der Waals surface area (Å²) in [6.07, 6.45) is -0.205. The predicted octanol–water partition coefficient (Wildman–Crippen LogP) is 0.154. The van der Waals surface area contributed by atoms with Gasteiger partial charge < -0.3 is 14.9 Å². The third-order valence-corrected chi connectivity index (χ3v) is 1.42. The van der Waals surface area contributed by atoms with Gasteiger partial charge in [-0.05, 0) is 0 Å². The Kier molecular flexibility index (Phi) is 5.00. The highest BCUT2D eigenvalue weighted by Gasteiger charge is 2.30. The molecule has 2 N–H and O–H groups in total. The minimum absolute atomic E-state index is 0.323. The summed E-state index contributed by atoms with van der Waals surface area (Å²) in [5.41, 5.74) is 0. The van der Waals surface area contributed by atoms with Crippen molar-refractivity contribution in [2.24, 2.45) is 0 Å². The molecule has 6 heteroatoms. The fourth-order valence-corrected chi connectivity index (χ4v) is 0.614. The van der Waals surface area contributed by atoms with E-state index in [-0.39, 0.29) is 0 Å². The van der Waals surface area contributed by atoms with Crippen molar-refractivity contribution in [1.29, 1.82) is 0 Å². The van der Waals surface area contributed by atoms with Gasteiger partial charge in [-0.3, -0.25) is 0 Å². The number of aliphatic hydroxyl groups excluding tert-OH is 1. The van der Waals surface area contributed by atoms with Gasteiger partial charge in [0.05, 0.1) is 0 Å². The highest BCUT2D eigenvalue weighted by molar-refractivity contribution is 8.01. The quantitative estimate of drug-likeness (QED) is 0.304. The standard InChI is InChI=1S/C6H12O4S2/c1-2-3-4(7)10-5(8)6(9,11)12/h4,7,9,11-12H,2-3H2,1H3. The lowest BCUT2D eigenvalue weighted by atomic mass is 10.3. The molecule has 0 rings (SSSR count). The van der Waals surface area contributed by atoms with Crippen molar-refractivity contribution in [2.45, 2.75) is 30.3 Å². The number of thiol groups is 2. The Balaban J connectivity index is 3.85. The van der Waals surface area contributed by atoms with Crippen LogP contribution in [0.15, 0.2) is 0 Å². The topological polar surface area (TPSA) is 66.8 Å². The largest absolute Gasteiger partial charge is 0.433 e. The van der Waals surface area contributed by atoms with E-state index >= 15 is 0 Å². The highest BCUT2D eigenvalue weighted by Crippen LogP contribution is 2.17. The number of hydrogen-bond donors (Lipinski definition) is 4. The summed E-state index contributed by atoms with van der Waals surface area (Å²) in [5.74, 6) is -1.07. The van der Waals surface area contributed by atoms with Gasteiger partial charge in [0.25, 0.3) is 4.27 Å². The van der Waals surface area contributed by atoms with E-state index in [1.165, 1.54) is 0 Å². The third kappa shape index (κ3) is 4.87. The lowest BCUT2D eigenvalue weighted by Crippen LogP contribution is -2.31. The van der Waals surface area contributed by atoms with Crippen molar-refractivity contribution >= 4 is 31.2 Å². The molecule has 12 heavy (non-hydrogen) atoms. The Morgan fingerprint density at radius 2 is 2.17 bits per heavy atom. The van der Waals surface area contributed by atoms with Crippen LogP contribution in [0.4, 0.5) is 0 Å². The molecule has 0 heterocycles. The molecule has 0 aliphatic heterocycles. The molecule has 72 valence electrons. The molecule has 0 fully saturated rings. The first-order chi connectivity index (χ1) is 5.38. The van der Waals surface area contributed by atoms with Gasteiger partial charge in [-0.2, -0.15) is 0 Å². The van der Waals surface area contributed by atoms with Crippen LogP contribution in [0, 0.1) is 0 Å². The van der Waals surface area contributed by atoms with Gasteiger partial charge >= 0.3 is 5.97 Å². The van der Waals surface area contributed by atoms with Crippen LogP contribution < -0.4 is 0 Å². The molecule has 0 aromatic rings. The second-order valence-corrected chi connectivity index (χ2v) is 3.93. The lowest BCUT2D eigenvalue weighted by molar-refractivity contribution is -0.175. The Hall–Kier alpha value is 0.0900. The SMILES string of the molecule is CCCC(O)OC(=O)C(O)(S)S. The number of rotatable bonds is 4. The minimum atomic E-state index is -2.14. The zero-order valence-corrected chi connectivity index (χ0v) is 8.39. The lowest BCUT2D eigenvalue weighted by Gasteiger charge is -2.16.